The molecule has 0 radical (unpaired) electrons. The molecular weight excluding hydrogens is 317 g/mol. The summed E-state index contributed by atoms with van der Waals surface area (Å²) >= 11 is 7.14. The molecule has 21 heavy (non-hydrogen) atoms. The molecule has 8 heteroatoms. The van der Waals surface area contributed by atoms with E-state index in [1.165, 1.54) is 12.1 Å². The second-order valence-electron chi connectivity index (χ2n) is 4.26. The Morgan fingerprint density at radius 2 is 2.24 bits per heavy atom. The predicted octanol–water partition coefficient (Wildman–Crippen LogP) is 3.32. The molecule has 0 atom stereocenters. The van der Waals surface area contributed by atoms with Crippen LogP contribution in [0.25, 0.3) is 11.4 Å². The van der Waals surface area contributed by atoms with Gasteiger partial charge < -0.3 is 9.67 Å². The van der Waals surface area contributed by atoms with E-state index in [4.69, 9.17) is 16.7 Å². The monoisotopic (exact) mass is 329 g/mol. The molecule has 0 fully saturated rings. The van der Waals surface area contributed by atoms with Crippen molar-refractivity contribution in [2.24, 2.45) is 0 Å². The fourth-order valence-corrected chi connectivity index (χ4v) is 2.75. The number of aliphatic carboxylic acids is 1. The molecule has 0 spiro atoms. The lowest BCUT2D eigenvalue weighted by Crippen LogP contribution is -2.04. The van der Waals surface area contributed by atoms with Gasteiger partial charge >= 0.3 is 5.97 Å². The van der Waals surface area contributed by atoms with Gasteiger partial charge in [-0.3, -0.25) is 4.79 Å². The third-order valence-electron chi connectivity index (χ3n) is 2.66. The Morgan fingerprint density at radius 1 is 1.48 bits per heavy atom. The summed E-state index contributed by atoms with van der Waals surface area (Å²) in [7, 11) is 0. The van der Waals surface area contributed by atoms with E-state index in [1.54, 1.807) is 10.6 Å². The quantitative estimate of drug-likeness (QED) is 0.823. The van der Waals surface area contributed by atoms with Crippen molar-refractivity contribution in [1.29, 1.82) is 0 Å². The van der Waals surface area contributed by atoms with Crippen LogP contribution >= 0.6 is 23.4 Å². The predicted molar refractivity (Wildman–Crippen MR) is 79.1 cm³/mol. The number of rotatable bonds is 6. The molecule has 1 aromatic heterocycles. The van der Waals surface area contributed by atoms with E-state index in [2.05, 4.69) is 10.2 Å². The van der Waals surface area contributed by atoms with E-state index in [-0.39, 0.29) is 10.8 Å². The van der Waals surface area contributed by atoms with Crippen LogP contribution in [0.3, 0.4) is 0 Å². The zero-order valence-electron chi connectivity index (χ0n) is 11.2. The second kappa shape index (κ2) is 6.91. The van der Waals surface area contributed by atoms with Crippen molar-refractivity contribution in [2.75, 3.05) is 5.75 Å². The van der Waals surface area contributed by atoms with Crippen molar-refractivity contribution >= 4 is 29.3 Å². The van der Waals surface area contributed by atoms with Crippen LogP contribution in [0.15, 0.2) is 23.4 Å². The summed E-state index contributed by atoms with van der Waals surface area (Å²) in [5.74, 6) is -0.938. The van der Waals surface area contributed by atoms with Crippen LogP contribution in [0.1, 0.15) is 13.3 Å². The summed E-state index contributed by atoms with van der Waals surface area (Å²) < 4.78 is 14.9. The van der Waals surface area contributed by atoms with Gasteiger partial charge in [-0.15, -0.1) is 10.2 Å². The molecule has 2 aromatic rings. The Labute approximate surface area is 130 Å². The Balaban J connectivity index is 2.41. The number of benzene rings is 1. The molecule has 0 amide bonds. The van der Waals surface area contributed by atoms with Gasteiger partial charge in [-0.1, -0.05) is 30.3 Å². The minimum atomic E-state index is -0.924. The number of carbonyl (C=O) groups is 1. The van der Waals surface area contributed by atoms with E-state index >= 15 is 0 Å². The molecule has 0 aliphatic heterocycles. The SMILES string of the molecule is CCCn1c(SCC(=O)O)nnc1-c1ccc(F)cc1Cl. The number of nitrogens with zero attached hydrogens (tertiary/aromatic N) is 3. The maximum absolute atomic E-state index is 13.1. The van der Waals surface area contributed by atoms with Crippen LogP contribution in [0, 0.1) is 5.82 Å². The van der Waals surface area contributed by atoms with Gasteiger partial charge in [-0.25, -0.2) is 4.39 Å². The van der Waals surface area contributed by atoms with Crippen LogP contribution in [0.5, 0.6) is 0 Å². The summed E-state index contributed by atoms with van der Waals surface area (Å²) in [6.45, 7) is 2.61. The molecule has 1 N–H and O–H groups in total. The highest BCUT2D eigenvalue weighted by molar-refractivity contribution is 7.99. The molecular formula is C13H13ClFN3O2S. The number of halogens is 2. The number of hydrogen-bond donors (Lipinski definition) is 1. The Bertz CT molecular complexity index is 663. The molecule has 0 aliphatic rings. The van der Waals surface area contributed by atoms with Crippen molar-refractivity contribution in [3.63, 3.8) is 0 Å². The Kier molecular flexibility index (Phi) is 5.19. The summed E-state index contributed by atoms with van der Waals surface area (Å²) in [5, 5.41) is 17.6. The number of thioether (sulfide) groups is 1. The fraction of sp³-hybridized carbons (Fsp3) is 0.308. The van der Waals surface area contributed by atoms with E-state index in [1.807, 2.05) is 6.92 Å². The topological polar surface area (TPSA) is 68.0 Å². The number of carboxylic acid groups (broad SMARTS) is 1. The van der Waals surface area contributed by atoms with E-state index in [0.717, 1.165) is 18.2 Å². The van der Waals surface area contributed by atoms with Crippen LogP contribution in [-0.4, -0.2) is 31.6 Å². The molecule has 0 bridgehead atoms. The molecule has 5 nitrogen and oxygen atoms in total. The molecule has 1 heterocycles. The van der Waals surface area contributed by atoms with Crippen molar-refractivity contribution < 1.29 is 14.3 Å². The molecule has 0 unspecified atom stereocenters. The third-order valence-corrected chi connectivity index (χ3v) is 3.93. The van der Waals surface area contributed by atoms with Gasteiger partial charge in [0.1, 0.15) is 5.82 Å². The number of aromatic nitrogens is 3. The molecule has 0 aliphatic carbocycles. The molecule has 0 saturated heterocycles. The lowest BCUT2D eigenvalue weighted by Gasteiger charge is -2.09. The zero-order chi connectivity index (χ0) is 15.4. The van der Waals surface area contributed by atoms with Crippen molar-refractivity contribution in [1.82, 2.24) is 14.8 Å². The maximum Gasteiger partial charge on any atom is 0.313 e. The van der Waals surface area contributed by atoms with Crippen LogP contribution < -0.4 is 0 Å². The number of carboxylic acids is 1. The molecule has 0 saturated carbocycles. The second-order valence-corrected chi connectivity index (χ2v) is 5.61. The molecule has 2 rings (SSSR count). The maximum atomic E-state index is 13.1. The van der Waals surface area contributed by atoms with Crippen molar-refractivity contribution in [3.8, 4) is 11.4 Å². The van der Waals surface area contributed by atoms with Crippen molar-refractivity contribution in [2.45, 2.75) is 25.0 Å². The zero-order valence-corrected chi connectivity index (χ0v) is 12.8. The number of hydrogen-bond acceptors (Lipinski definition) is 4. The lowest BCUT2D eigenvalue weighted by molar-refractivity contribution is -0.133. The van der Waals surface area contributed by atoms with Crippen LogP contribution in [0.4, 0.5) is 4.39 Å². The highest BCUT2D eigenvalue weighted by atomic mass is 35.5. The first kappa shape index (κ1) is 15.8. The Morgan fingerprint density at radius 3 is 2.86 bits per heavy atom. The summed E-state index contributed by atoms with van der Waals surface area (Å²) in [6.07, 6.45) is 0.824. The minimum absolute atomic E-state index is 0.0982. The van der Waals surface area contributed by atoms with Gasteiger partial charge in [-0.2, -0.15) is 0 Å². The van der Waals surface area contributed by atoms with Gasteiger partial charge in [0.05, 0.1) is 10.8 Å². The van der Waals surface area contributed by atoms with E-state index in [9.17, 15) is 9.18 Å². The highest BCUT2D eigenvalue weighted by Gasteiger charge is 2.17. The van der Waals surface area contributed by atoms with Gasteiger partial charge in [0.15, 0.2) is 11.0 Å². The van der Waals surface area contributed by atoms with Gasteiger partial charge in [0, 0.05) is 12.1 Å². The normalized spacial score (nSPS) is 10.8. The third kappa shape index (κ3) is 3.74. The van der Waals surface area contributed by atoms with E-state index in [0.29, 0.717) is 23.1 Å². The first-order chi connectivity index (χ1) is 10.0. The largest absolute Gasteiger partial charge is 0.481 e. The van der Waals surface area contributed by atoms with Gasteiger partial charge in [-0.05, 0) is 24.6 Å². The van der Waals surface area contributed by atoms with Crippen molar-refractivity contribution in [3.05, 3.63) is 29.0 Å². The van der Waals surface area contributed by atoms with Gasteiger partial charge in [0.2, 0.25) is 0 Å². The molecule has 1 aromatic carbocycles. The van der Waals surface area contributed by atoms with Crippen LogP contribution in [-0.2, 0) is 11.3 Å². The van der Waals surface area contributed by atoms with Gasteiger partial charge in [0.25, 0.3) is 0 Å². The average Bonchev–Trinajstić information content (AvgIpc) is 2.80. The summed E-state index contributed by atoms with van der Waals surface area (Å²) in [5.41, 5.74) is 0.571. The Hall–Kier alpha value is -1.60. The van der Waals surface area contributed by atoms with Crippen LogP contribution in [0.2, 0.25) is 5.02 Å². The lowest BCUT2D eigenvalue weighted by atomic mass is 10.2. The first-order valence-electron chi connectivity index (χ1n) is 6.26. The average molecular weight is 330 g/mol. The minimum Gasteiger partial charge on any atom is -0.481 e. The van der Waals surface area contributed by atoms with E-state index < -0.39 is 11.8 Å². The summed E-state index contributed by atoms with van der Waals surface area (Å²) in [6, 6.07) is 4.06. The first-order valence-corrected chi connectivity index (χ1v) is 7.62. The smallest absolute Gasteiger partial charge is 0.313 e. The highest BCUT2D eigenvalue weighted by Crippen LogP contribution is 2.30. The molecule has 112 valence electrons. The standard InChI is InChI=1S/C13H13ClFN3O2S/c1-2-5-18-12(9-4-3-8(15)6-10(9)14)16-17-13(18)21-7-11(19)20/h3-4,6H,2,5,7H2,1H3,(H,19,20). The summed E-state index contributed by atoms with van der Waals surface area (Å²) in [4.78, 5) is 10.7. The fourth-order valence-electron chi connectivity index (χ4n) is 1.82.